The van der Waals surface area contributed by atoms with Crippen LogP contribution in [0.3, 0.4) is 0 Å². The third-order valence-corrected chi connectivity index (χ3v) is 2.15. The van der Waals surface area contributed by atoms with E-state index in [4.69, 9.17) is 5.73 Å². The molecule has 76 valence electrons. The largest absolute Gasteiger partial charge is 0.493 e. The lowest BCUT2D eigenvalue weighted by atomic mass is 10.1. The van der Waals surface area contributed by atoms with Crippen LogP contribution in [-0.4, -0.2) is 15.1 Å². The molecule has 0 aromatic carbocycles. The zero-order chi connectivity index (χ0) is 10.8. The van der Waals surface area contributed by atoms with Crippen molar-refractivity contribution in [1.29, 1.82) is 0 Å². The van der Waals surface area contributed by atoms with Gasteiger partial charge in [-0.2, -0.15) is 0 Å². The Morgan fingerprint density at radius 1 is 1.27 bits per heavy atom. The number of aromatic nitrogens is 2. The fraction of sp³-hybridized carbons (Fsp3) is 0.0909. The van der Waals surface area contributed by atoms with Crippen LogP contribution in [0, 0.1) is 6.92 Å². The van der Waals surface area contributed by atoms with Gasteiger partial charge >= 0.3 is 0 Å². The molecule has 0 spiro atoms. The van der Waals surface area contributed by atoms with Crippen LogP contribution in [0.15, 0.2) is 30.7 Å². The molecule has 0 aliphatic heterocycles. The summed E-state index contributed by atoms with van der Waals surface area (Å²) in [6, 6.07) is 3.60. The molecule has 15 heavy (non-hydrogen) atoms. The first-order valence-corrected chi connectivity index (χ1v) is 4.54. The van der Waals surface area contributed by atoms with Crippen molar-refractivity contribution >= 4 is 5.69 Å². The molecule has 2 aromatic rings. The van der Waals surface area contributed by atoms with E-state index in [0.29, 0.717) is 11.3 Å². The molecule has 4 nitrogen and oxygen atoms in total. The van der Waals surface area contributed by atoms with Gasteiger partial charge < -0.3 is 10.8 Å². The summed E-state index contributed by atoms with van der Waals surface area (Å²) < 4.78 is 0. The van der Waals surface area contributed by atoms with Crippen molar-refractivity contribution in [1.82, 2.24) is 9.97 Å². The molecule has 0 saturated carbocycles. The lowest BCUT2D eigenvalue weighted by Crippen LogP contribution is -1.92. The van der Waals surface area contributed by atoms with Gasteiger partial charge in [0.05, 0.1) is 11.9 Å². The number of aromatic hydroxyl groups is 1. The summed E-state index contributed by atoms with van der Waals surface area (Å²) in [7, 11) is 0. The first-order chi connectivity index (χ1) is 7.18. The van der Waals surface area contributed by atoms with Gasteiger partial charge in [-0.05, 0) is 24.6 Å². The minimum Gasteiger partial charge on any atom is -0.493 e. The lowest BCUT2D eigenvalue weighted by molar-refractivity contribution is 0.455. The molecule has 0 bridgehead atoms. The quantitative estimate of drug-likeness (QED) is 0.737. The normalized spacial score (nSPS) is 10.2. The van der Waals surface area contributed by atoms with Crippen LogP contribution < -0.4 is 5.73 Å². The Morgan fingerprint density at radius 2 is 2.07 bits per heavy atom. The van der Waals surface area contributed by atoms with Crippen molar-refractivity contribution < 1.29 is 5.11 Å². The number of pyridine rings is 2. The maximum absolute atomic E-state index is 9.63. The highest BCUT2D eigenvalue weighted by atomic mass is 16.3. The minimum absolute atomic E-state index is 0.0153. The van der Waals surface area contributed by atoms with Crippen LogP contribution in [0.2, 0.25) is 0 Å². The van der Waals surface area contributed by atoms with Gasteiger partial charge in [-0.25, -0.2) is 4.98 Å². The molecule has 2 aromatic heterocycles. The van der Waals surface area contributed by atoms with Crippen LogP contribution >= 0.6 is 0 Å². The lowest BCUT2D eigenvalue weighted by Gasteiger charge is -2.07. The monoisotopic (exact) mass is 201 g/mol. The summed E-state index contributed by atoms with van der Waals surface area (Å²) >= 11 is 0. The molecule has 2 heterocycles. The van der Waals surface area contributed by atoms with Crippen LogP contribution in [0.4, 0.5) is 5.69 Å². The molecule has 4 heteroatoms. The Kier molecular flexibility index (Phi) is 2.25. The summed E-state index contributed by atoms with van der Waals surface area (Å²) in [6.07, 6.45) is 4.79. The molecule has 0 fully saturated rings. The molecule has 0 aliphatic rings. The van der Waals surface area contributed by atoms with Crippen molar-refractivity contribution in [2.45, 2.75) is 6.92 Å². The summed E-state index contributed by atoms with van der Waals surface area (Å²) in [6.45, 7) is 1.91. The van der Waals surface area contributed by atoms with Crippen LogP contribution in [-0.2, 0) is 0 Å². The van der Waals surface area contributed by atoms with E-state index in [0.717, 1.165) is 11.1 Å². The highest BCUT2D eigenvalue weighted by Gasteiger charge is 2.08. The summed E-state index contributed by atoms with van der Waals surface area (Å²) in [5.74, 6) is -0.0153. The molecule has 0 amide bonds. The molecule has 0 saturated heterocycles. The molecule has 0 aliphatic carbocycles. The van der Waals surface area contributed by atoms with Gasteiger partial charge in [0.1, 0.15) is 0 Å². The number of aryl methyl sites for hydroxylation is 1. The number of anilines is 1. The van der Waals surface area contributed by atoms with Crippen molar-refractivity contribution in [3.63, 3.8) is 0 Å². The van der Waals surface area contributed by atoms with Crippen LogP contribution in [0.1, 0.15) is 5.56 Å². The van der Waals surface area contributed by atoms with Gasteiger partial charge in [-0.3, -0.25) is 4.98 Å². The molecule has 0 radical (unpaired) electrons. The first kappa shape index (κ1) is 9.45. The third kappa shape index (κ3) is 1.74. The highest BCUT2D eigenvalue weighted by molar-refractivity contribution is 5.78. The minimum atomic E-state index is -0.0153. The molecule has 0 atom stereocenters. The smallest absolute Gasteiger partial charge is 0.218 e. The number of nitrogens with two attached hydrogens (primary N) is 1. The average Bonchev–Trinajstić information content (AvgIpc) is 2.23. The van der Waals surface area contributed by atoms with E-state index < -0.39 is 0 Å². The standard InChI is InChI=1S/C11H11N3O/c1-7-4-9(11(15)14-5-7)8-2-3-13-6-10(8)12/h2-6H,12H2,1H3,(H,14,15). The van der Waals surface area contributed by atoms with Gasteiger partial charge in [0.15, 0.2) is 0 Å². The Balaban J connectivity index is 2.64. The van der Waals surface area contributed by atoms with E-state index in [9.17, 15) is 5.11 Å². The number of rotatable bonds is 1. The van der Waals surface area contributed by atoms with Gasteiger partial charge in [0.2, 0.25) is 5.88 Å². The number of hydrogen-bond acceptors (Lipinski definition) is 4. The Morgan fingerprint density at radius 3 is 2.80 bits per heavy atom. The fourth-order valence-corrected chi connectivity index (χ4v) is 1.41. The van der Waals surface area contributed by atoms with E-state index >= 15 is 0 Å². The Bertz CT molecular complexity index is 497. The average molecular weight is 201 g/mol. The summed E-state index contributed by atoms with van der Waals surface area (Å²) in [5.41, 5.74) is 8.65. The highest BCUT2D eigenvalue weighted by Crippen LogP contribution is 2.31. The number of nitrogen functional groups attached to an aromatic ring is 1. The van der Waals surface area contributed by atoms with Crippen molar-refractivity contribution in [3.8, 4) is 17.0 Å². The SMILES string of the molecule is Cc1cnc(O)c(-c2ccncc2N)c1. The maximum atomic E-state index is 9.63. The van der Waals surface area contributed by atoms with Crippen LogP contribution in [0.5, 0.6) is 5.88 Å². The predicted octanol–water partition coefficient (Wildman–Crippen LogP) is 1.74. The first-order valence-electron chi connectivity index (χ1n) is 4.54. The number of hydrogen-bond donors (Lipinski definition) is 2. The van der Waals surface area contributed by atoms with Gasteiger partial charge in [0, 0.05) is 23.5 Å². The molecule has 3 N–H and O–H groups in total. The zero-order valence-corrected chi connectivity index (χ0v) is 8.31. The summed E-state index contributed by atoms with van der Waals surface area (Å²) in [5, 5.41) is 9.63. The molecular formula is C11H11N3O. The van der Waals surface area contributed by atoms with Crippen molar-refractivity contribution in [2.24, 2.45) is 0 Å². The van der Waals surface area contributed by atoms with E-state index in [1.165, 1.54) is 0 Å². The van der Waals surface area contributed by atoms with Gasteiger partial charge in [0.25, 0.3) is 0 Å². The molecule has 0 unspecified atom stereocenters. The second-order valence-corrected chi connectivity index (χ2v) is 3.35. The van der Waals surface area contributed by atoms with E-state index in [2.05, 4.69) is 9.97 Å². The molecular weight excluding hydrogens is 190 g/mol. The number of nitrogens with zero attached hydrogens (tertiary/aromatic N) is 2. The van der Waals surface area contributed by atoms with Crippen LogP contribution in [0.25, 0.3) is 11.1 Å². The fourth-order valence-electron chi connectivity index (χ4n) is 1.41. The van der Waals surface area contributed by atoms with E-state index in [1.54, 1.807) is 24.7 Å². The Labute approximate surface area is 87.4 Å². The third-order valence-electron chi connectivity index (χ3n) is 2.15. The van der Waals surface area contributed by atoms with Crippen molar-refractivity contribution in [3.05, 3.63) is 36.3 Å². The Hall–Kier alpha value is -2.10. The van der Waals surface area contributed by atoms with E-state index in [1.807, 2.05) is 13.0 Å². The second-order valence-electron chi connectivity index (χ2n) is 3.35. The van der Waals surface area contributed by atoms with E-state index in [-0.39, 0.29) is 5.88 Å². The topological polar surface area (TPSA) is 72.0 Å². The van der Waals surface area contributed by atoms with Gasteiger partial charge in [-0.1, -0.05) is 0 Å². The second kappa shape index (κ2) is 3.57. The predicted molar refractivity (Wildman–Crippen MR) is 58.3 cm³/mol. The maximum Gasteiger partial charge on any atom is 0.218 e. The molecule has 2 rings (SSSR count). The summed E-state index contributed by atoms with van der Waals surface area (Å²) in [4.78, 5) is 7.77. The van der Waals surface area contributed by atoms with Gasteiger partial charge in [-0.15, -0.1) is 0 Å². The zero-order valence-electron chi connectivity index (χ0n) is 8.31. The van der Waals surface area contributed by atoms with Crippen molar-refractivity contribution in [2.75, 3.05) is 5.73 Å².